The minimum Gasteiger partial charge on any atom is -0.497 e. The van der Waals surface area contributed by atoms with Crippen LogP contribution in [0, 0.1) is 0 Å². The van der Waals surface area contributed by atoms with Gasteiger partial charge in [-0.15, -0.1) is 0 Å². The molecule has 4 rings (SSSR count). The fourth-order valence-electron chi connectivity index (χ4n) is 3.42. The molecule has 142 valence electrons. The molecular weight excluding hydrogens is 388 g/mol. The minimum atomic E-state index is -0.0334. The second kappa shape index (κ2) is 7.81. The second-order valence-electron chi connectivity index (χ2n) is 6.46. The number of amides is 1. The molecule has 0 aliphatic carbocycles. The van der Waals surface area contributed by atoms with Gasteiger partial charge in [0.05, 0.1) is 19.4 Å². The lowest BCUT2D eigenvalue weighted by atomic mass is 10.0. The quantitative estimate of drug-likeness (QED) is 0.535. The van der Waals surface area contributed by atoms with Crippen molar-refractivity contribution in [2.45, 2.75) is 13.5 Å². The average molecular weight is 409 g/mol. The summed E-state index contributed by atoms with van der Waals surface area (Å²) >= 11 is 6.90. The van der Waals surface area contributed by atoms with Crippen LogP contribution >= 0.6 is 24.0 Å². The van der Waals surface area contributed by atoms with Crippen LogP contribution in [0.5, 0.6) is 5.75 Å². The van der Waals surface area contributed by atoms with Crippen LogP contribution in [-0.4, -0.2) is 28.8 Å². The number of fused-ring (bicyclic) bond motifs is 1. The Bertz CT molecular complexity index is 999. The van der Waals surface area contributed by atoms with Gasteiger partial charge < -0.3 is 9.64 Å². The highest BCUT2D eigenvalue weighted by atomic mass is 32.2. The zero-order valence-electron chi connectivity index (χ0n) is 15.7. The lowest BCUT2D eigenvalue weighted by molar-refractivity contribution is -0.122. The van der Waals surface area contributed by atoms with E-state index in [9.17, 15) is 4.79 Å². The van der Waals surface area contributed by atoms with Gasteiger partial charge in [0.15, 0.2) is 0 Å². The first-order valence-corrected chi connectivity index (χ1v) is 10.3. The number of nitrogens with zero attached hydrogens (tertiary/aromatic N) is 2. The van der Waals surface area contributed by atoms with Gasteiger partial charge in [-0.25, -0.2) is 0 Å². The van der Waals surface area contributed by atoms with E-state index >= 15 is 0 Å². The van der Waals surface area contributed by atoms with Gasteiger partial charge in [-0.3, -0.25) is 9.69 Å². The summed E-state index contributed by atoms with van der Waals surface area (Å²) < 4.78 is 5.93. The molecule has 28 heavy (non-hydrogen) atoms. The van der Waals surface area contributed by atoms with Crippen molar-refractivity contribution in [3.05, 3.63) is 76.3 Å². The number of carbonyl (C=O) groups is 1. The molecule has 1 saturated heterocycles. The van der Waals surface area contributed by atoms with E-state index in [1.165, 1.54) is 11.8 Å². The van der Waals surface area contributed by atoms with E-state index < -0.39 is 0 Å². The van der Waals surface area contributed by atoms with Crippen molar-refractivity contribution in [3.8, 4) is 5.75 Å². The summed E-state index contributed by atoms with van der Waals surface area (Å²) in [5, 5.41) is 0. The molecule has 1 amide bonds. The maximum Gasteiger partial charge on any atom is 0.268 e. The topological polar surface area (TPSA) is 32.8 Å². The Hall–Kier alpha value is -2.57. The first kappa shape index (κ1) is 18.8. The van der Waals surface area contributed by atoms with Gasteiger partial charge >= 0.3 is 0 Å². The Balaban J connectivity index is 1.69. The largest absolute Gasteiger partial charge is 0.497 e. The van der Waals surface area contributed by atoms with E-state index in [-0.39, 0.29) is 5.91 Å². The van der Waals surface area contributed by atoms with E-state index in [2.05, 4.69) is 11.8 Å². The van der Waals surface area contributed by atoms with Gasteiger partial charge in [-0.05, 0) is 36.8 Å². The number of ether oxygens (including phenoxy) is 1. The van der Waals surface area contributed by atoms with Crippen molar-refractivity contribution < 1.29 is 9.53 Å². The summed E-state index contributed by atoms with van der Waals surface area (Å²) in [6.45, 7) is 3.32. The fraction of sp³-hybridized carbons (Fsp3) is 0.182. The Morgan fingerprint density at radius 3 is 2.57 bits per heavy atom. The smallest absolute Gasteiger partial charge is 0.268 e. The zero-order chi connectivity index (χ0) is 19.7. The number of likely N-dealkylation sites (N-methyl/N-ethyl adjacent to an activating group) is 1. The summed E-state index contributed by atoms with van der Waals surface area (Å²) in [6, 6.07) is 15.9. The van der Waals surface area contributed by atoms with E-state index in [1.54, 1.807) is 12.0 Å². The maximum atomic E-state index is 13.2. The molecule has 6 heteroatoms. The molecule has 2 aromatic carbocycles. The molecule has 0 bridgehead atoms. The normalized spacial score (nSPS) is 18.6. The van der Waals surface area contributed by atoms with Crippen LogP contribution in [0.2, 0.25) is 0 Å². The van der Waals surface area contributed by atoms with E-state index in [1.807, 2.05) is 60.7 Å². The molecule has 0 saturated carbocycles. The van der Waals surface area contributed by atoms with Crippen molar-refractivity contribution in [3.63, 3.8) is 0 Å². The number of methoxy groups -OCH3 is 1. The van der Waals surface area contributed by atoms with Crippen LogP contribution in [0.25, 0.3) is 6.08 Å². The summed E-state index contributed by atoms with van der Waals surface area (Å²) in [4.78, 5) is 17.7. The number of hydrogen-bond donors (Lipinski definition) is 0. The van der Waals surface area contributed by atoms with Crippen LogP contribution in [0.15, 0.2) is 65.2 Å². The monoisotopic (exact) mass is 408 g/mol. The Morgan fingerprint density at radius 2 is 1.86 bits per heavy atom. The predicted octanol–water partition coefficient (Wildman–Crippen LogP) is 4.82. The third-order valence-electron chi connectivity index (χ3n) is 4.82. The molecule has 0 unspecified atom stereocenters. The minimum absolute atomic E-state index is 0.0334. The third-order valence-corrected chi connectivity index (χ3v) is 6.27. The van der Waals surface area contributed by atoms with Crippen LogP contribution in [0.4, 0.5) is 5.69 Å². The molecule has 2 aliphatic heterocycles. The van der Waals surface area contributed by atoms with Crippen molar-refractivity contribution in [2.75, 3.05) is 18.6 Å². The second-order valence-corrected chi connectivity index (χ2v) is 8.11. The van der Waals surface area contributed by atoms with Crippen LogP contribution in [-0.2, 0) is 11.3 Å². The van der Waals surface area contributed by atoms with Crippen molar-refractivity contribution in [2.24, 2.45) is 0 Å². The Labute approximate surface area is 174 Å². The Kier molecular flexibility index (Phi) is 5.24. The molecule has 0 radical (unpaired) electrons. The molecule has 0 spiro atoms. The summed E-state index contributed by atoms with van der Waals surface area (Å²) in [5.74, 6) is 0.783. The molecule has 4 nitrogen and oxygen atoms in total. The average Bonchev–Trinajstić information content (AvgIpc) is 3.01. The van der Waals surface area contributed by atoms with Gasteiger partial charge in [0.1, 0.15) is 15.0 Å². The molecule has 2 aromatic rings. The first-order chi connectivity index (χ1) is 13.6. The summed E-state index contributed by atoms with van der Waals surface area (Å²) in [6.07, 6.45) is 4.03. The number of allylic oxidation sites excluding steroid dienone is 1. The number of hydrogen-bond acceptors (Lipinski definition) is 5. The van der Waals surface area contributed by atoms with Gasteiger partial charge in [0, 0.05) is 17.8 Å². The molecule has 0 atom stereocenters. The van der Waals surface area contributed by atoms with Gasteiger partial charge in [-0.1, -0.05) is 60.4 Å². The molecule has 0 aromatic heterocycles. The number of carbonyl (C=O) groups excluding carboxylic acids is 1. The van der Waals surface area contributed by atoms with Crippen LogP contribution < -0.4 is 9.64 Å². The van der Waals surface area contributed by atoms with E-state index in [0.29, 0.717) is 15.8 Å². The molecule has 2 heterocycles. The van der Waals surface area contributed by atoms with Crippen molar-refractivity contribution in [1.29, 1.82) is 0 Å². The van der Waals surface area contributed by atoms with Crippen LogP contribution in [0.3, 0.4) is 0 Å². The van der Waals surface area contributed by atoms with Crippen LogP contribution in [0.1, 0.15) is 18.1 Å². The molecule has 0 N–H and O–H groups in total. The summed E-state index contributed by atoms with van der Waals surface area (Å²) in [5.41, 5.74) is 4.10. The van der Waals surface area contributed by atoms with E-state index in [0.717, 1.165) is 34.8 Å². The maximum absolute atomic E-state index is 13.2. The zero-order valence-corrected chi connectivity index (χ0v) is 17.3. The number of thioether (sulfide) groups is 1. The van der Waals surface area contributed by atoms with Crippen molar-refractivity contribution in [1.82, 2.24) is 4.90 Å². The van der Waals surface area contributed by atoms with Crippen molar-refractivity contribution >= 4 is 46.0 Å². The highest BCUT2D eigenvalue weighted by Gasteiger charge is 2.36. The van der Waals surface area contributed by atoms with Gasteiger partial charge in [0.25, 0.3) is 5.91 Å². The first-order valence-electron chi connectivity index (χ1n) is 9.08. The standard InChI is InChI=1S/C22H20N2O2S2/c1-3-23-18-12-10-17(26-2)13-16(18)9-11-19(23)20-21(25)24(22(27)28-20)14-15-7-5-4-6-8-15/h4-13H,3,14H2,1-2H3/b20-19+. The SMILES string of the molecule is CCN1/C(=C2/SC(=S)N(Cc3ccccc3)C2=O)C=Cc2cc(OC)ccc21. The van der Waals surface area contributed by atoms with Gasteiger partial charge in [-0.2, -0.15) is 0 Å². The number of thiocarbonyl (C=S) groups is 1. The summed E-state index contributed by atoms with van der Waals surface area (Å²) in [7, 11) is 1.66. The third kappa shape index (κ3) is 3.34. The lowest BCUT2D eigenvalue weighted by Crippen LogP contribution is -2.30. The molecular formula is C22H20N2O2S2. The highest BCUT2D eigenvalue weighted by molar-refractivity contribution is 8.26. The number of benzene rings is 2. The fourth-order valence-corrected chi connectivity index (χ4v) is 4.73. The predicted molar refractivity (Wildman–Crippen MR) is 119 cm³/mol. The Morgan fingerprint density at radius 1 is 1.07 bits per heavy atom. The molecule has 1 fully saturated rings. The number of anilines is 1. The lowest BCUT2D eigenvalue weighted by Gasteiger charge is -2.30. The molecule has 2 aliphatic rings. The number of rotatable bonds is 4. The van der Waals surface area contributed by atoms with Gasteiger partial charge in [0.2, 0.25) is 0 Å². The highest BCUT2D eigenvalue weighted by Crippen LogP contribution is 2.40. The van der Waals surface area contributed by atoms with E-state index in [4.69, 9.17) is 17.0 Å².